The predicted octanol–water partition coefficient (Wildman–Crippen LogP) is 5.59. The van der Waals surface area contributed by atoms with Crippen LogP contribution in [0.5, 0.6) is 16.7 Å². The number of anilines is 1. The van der Waals surface area contributed by atoms with E-state index in [1.165, 1.54) is 17.1 Å². The molecule has 1 aliphatic rings. The predicted molar refractivity (Wildman–Crippen MR) is 146 cm³/mol. The highest BCUT2D eigenvalue weighted by atomic mass is 32.1. The Morgan fingerprint density at radius 1 is 0.946 bits per heavy atom. The molecule has 1 fully saturated rings. The highest BCUT2D eigenvalue weighted by molar-refractivity contribution is 7.07. The molecule has 4 aromatic rings. The van der Waals surface area contributed by atoms with Gasteiger partial charge in [-0.05, 0) is 55.8 Å². The molecule has 2 heterocycles. The van der Waals surface area contributed by atoms with Gasteiger partial charge in [0.1, 0.15) is 11.5 Å². The quantitative estimate of drug-likeness (QED) is 0.305. The Hall–Kier alpha value is -3.91. The zero-order valence-electron chi connectivity index (χ0n) is 21.1. The summed E-state index contributed by atoms with van der Waals surface area (Å²) in [6, 6.07) is 23.7. The van der Waals surface area contributed by atoms with Gasteiger partial charge in [0.15, 0.2) is 5.82 Å². The lowest BCUT2D eigenvalue weighted by Crippen LogP contribution is -2.48. The number of aryl methyl sites for hydroxylation is 1. The first-order valence-electron chi connectivity index (χ1n) is 12.5. The summed E-state index contributed by atoms with van der Waals surface area (Å²) >= 11 is 1.23. The molecule has 0 bridgehead atoms. The van der Waals surface area contributed by atoms with Gasteiger partial charge in [-0.2, -0.15) is 9.36 Å². The molecule has 8 heteroatoms. The van der Waals surface area contributed by atoms with Crippen LogP contribution in [-0.4, -0.2) is 53.0 Å². The minimum Gasteiger partial charge on any atom is -0.492 e. The van der Waals surface area contributed by atoms with E-state index in [0.29, 0.717) is 42.6 Å². The van der Waals surface area contributed by atoms with Gasteiger partial charge in [0, 0.05) is 49.7 Å². The Kier molecular flexibility index (Phi) is 7.65. The van der Waals surface area contributed by atoms with E-state index in [-0.39, 0.29) is 5.91 Å². The van der Waals surface area contributed by atoms with Crippen LogP contribution >= 0.6 is 11.5 Å². The van der Waals surface area contributed by atoms with Crippen LogP contribution in [0.4, 0.5) is 5.69 Å². The molecule has 0 unspecified atom stereocenters. The molecule has 37 heavy (non-hydrogen) atoms. The van der Waals surface area contributed by atoms with Crippen LogP contribution in [-0.2, 0) is 6.42 Å². The number of nitrogens with zero attached hydrogens (tertiary/aromatic N) is 4. The van der Waals surface area contributed by atoms with Crippen molar-refractivity contribution < 1.29 is 14.3 Å². The average Bonchev–Trinajstić information content (AvgIpc) is 3.37. The average molecular weight is 515 g/mol. The number of benzene rings is 3. The Balaban J connectivity index is 1.15. The number of ether oxygens (including phenoxy) is 2. The number of carbonyl (C=O) groups excluding carboxylic acids is 1. The Bertz CT molecular complexity index is 1330. The molecule has 190 valence electrons. The standard InChI is InChI=1S/C29H30N4O3S/c1-3-35-26-7-5-4-6-25(26)32-16-18-33(19-17-32)28(34)23-12-14-24(15-13-23)36-29-30-27(31-37-29)20-22-10-8-21(2)9-11-22/h4-15H,3,16-20H2,1-2H3. The smallest absolute Gasteiger partial charge is 0.298 e. The fraction of sp³-hybridized carbons (Fsp3) is 0.276. The van der Waals surface area contributed by atoms with Gasteiger partial charge in [-0.3, -0.25) is 4.79 Å². The fourth-order valence-corrected chi connectivity index (χ4v) is 4.90. The molecule has 0 N–H and O–H groups in total. The fourth-order valence-electron chi connectivity index (χ4n) is 4.34. The van der Waals surface area contributed by atoms with Crippen molar-refractivity contribution in [1.29, 1.82) is 0 Å². The minimum absolute atomic E-state index is 0.0283. The molecule has 5 rings (SSSR count). The van der Waals surface area contributed by atoms with E-state index in [4.69, 9.17) is 9.47 Å². The van der Waals surface area contributed by atoms with E-state index >= 15 is 0 Å². The Morgan fingerprint density at radius 3 is 2.41 bits per heavy atom. The molecule has 0 saturated carbocycles. The van der Waals surface area contributed by atoms with Gasteiger partial charge in [0.25, 0.3) is 11.1 Å². The molecule has 7 nitrogen and oxygen atoms in total. The molecule has 0 atom stereocenters. The number of aromatic nitrogens is 2. The lowest BCUT2D eigenvalue weighted by molar-refractivity contribution is 0.0746. The summed E-state index contributed by atoms with van der Waals surface area (Å²) in [6.07, 6.45) is 0.665. The molecule has 1 aliphatic heterocycles. The third-order valence-corrected chi connectivity index (χ3v) is 6.94. The van der Waals surface area contributed by atoms with Gasteiger partial charge >= 0.3 is 0 Å². The third-order valence-electron chi connectivity index (χ3n) is 6.31. The van der Waals surface area contributed by atoms with E-state index in [9.17, 15) is 4.79 Å². The van der Waals surface area contributed by atoms with E-state index < -0.39 is 0 Å². The van der Waals surface area contributed by atoms with Crippen LogP contribution in [0.2, 0.25) is 0 Å². The van der Waals surface area contributed by atoms with Crippen LogP contribution in [0.3, 0.4) is 0 Å². The number of hydrogen-bond donors (Lipinski definition) is 0. The monoisotopic (exact) mass is 514 g/mol. The van der Waals surface area contributed by atoms with Gasteiger partial charge < -0.3 is 19.3 Å². The van der Waals surface area contributed by atoms with Crippen molar-refractivity contribution in [2.24, 2.45) is 0 Å². The van der Waals surface area contributed by atoms with Crippen molar-refractivity contribution in [2.45, 2.75) is 20.3 Å². The molecule has 1 saturated heterocycles. The molecular formula is C29H30N4O3S. The number of amides is 1. The van der Waals surface area contributed by atoms with Crippen LogP contribution < -0.4 is 14.4 Å². The van der Waals surface area contributed by atoms with Gasteiger partial charge in [0.2, 0.25) is 0 Å². The largest absolute Gasteiger partial charge is 0.492 e. The van der Waals surface area contributed by atoms with E-state index in [1.54, 1.807) is 0 Å². The van der Waals surface area contributed by atoms with E-state index in [2.05, 4.69) is 51.5 Å². The number of carbonyl (C=O) groups is 1. The summed E-state index contributed by atoms with van der Waals surface area (Å²) in [4.78, 5) is 21.8. The van der Waals surface area contributed by atoms with Crippen LogP contribution in [0.1, 0.15) is 34.2 Å². The maximum Gasteiger partial charge on any atom is 0.298 e. The van der Waals surface area contributed by atoms with Crippen LogP contribution in [0.25, 0.3) is 0 Å². The van der Waals surface area contributed by atoms with E-state index in [1.807, 2.05) is 54.3 Å². The summed E-state index contributed by atoms with van der Waals surface area (Å²) in [5.41, 5.74) is 4.12. The highest BCUT2D eigenvalue weighted by Crippen LogP contribution is 2.29. The minimum atomic E-state index is 0.0283. The molecule has 0 spiro atoms. The SMILES string of the molecule is CCOc1ccccc1N1CCN(C(=O)c2ccc(Oc3nc(Cc4ccc(C)cc4)ns3)cc2)CC1. The molecule has 1 amide bonds. The maximum absolute atomic E-state index is 13.1. The van der Waals surface area contributed by atoms with Gasteiger partial charge in [-0.25, -0.2) is 0 Å². The normalized spacial score (nSPS) is 13.5. The molecular weight excluding hydrogens is 484 g/mol. The van der Waals surface area contributed by atoms with E-state index in [0.717, 1.165) is 35.9 Å². The van der Waals surface area contributed by atoms with Crippen LogP contribution in [0, 0.1) is 6.92 Å². The second kappa shape index (κ2) is 11.4. The van der Waals surface area contributed by atoms with Crippen molar-refractivity contribution in [3.8, 4) is 16.7 Å². The van der Waals surface area contributed by atoms with Crippen molar-refractivity contribution in [2.75, 3.05) is 37.7 Å². The van der Waals surface area contributed by atoms with Gasteiger partial charge in [0.05, 0.1) is 12.3 Å². The molecule has 0 radical (unpaired) electrons. The van der Waals surface area contributed by atoms with Crippen molar-refractivity contribution in [1.82, 2.24) is 14.3 Å². The topological polar surface area (TPSA) is 67.8 Å². The second-order valence-corrected chi connectivity index (χ2v) is 9.66. The van der Waals surface area contributed by atoms with Crippen LogP contribution in [0.15, 0.2) is 72.8 Å². The number of rotatable bonds is 8. The van der Waals surface area contributed by atoms with Gasteiger partial charge in [-0.1, -0.05) is 42.0 Å². The molecule has 0 aliphatic carbocycles. The first-order valence-corrected chi connectivity index (χ1v) is 13.3. The number of hydrogen-bond acceptors (Lipinski definition) is 7. The zero-order valence-corrected chi connectivity index (χ0v) is 21.9. The van der Waals surface area contributed by atoms with Crippen molar-refractivity contribution >= 4 is 23.1 Å². The first-order chi connectivity index (χ1) is 18.1. The Labute approximate surface area is 221 Å². The third kappa shape index (κ3) is 6.09. The number of para-hydroxylation sites is 2. The summed E-state index contributed by atoms with van der Waals surface area (Å²) < 4.78 is 16.1. The maximum atomic E-state index is 13.1. The molecule has 3 aromatic carbocycles. The number of piperazine rings is 1. The second-order valence-electron chi connectivity index (χ2n) is 8.95. The Morgan fingerprint density at radius 2 is 1.68 bits per heavy atom. The lowest BCUT2D eigenvalue weighted by Gasteiger charge is -2.36. The van der Waals surface area contributed by atoms with Crippen molar-refractivity contribution in [3.05, 3.63) is 95.3 Å². The highest BCUT2D eigenvalue weighted by Gasteiger charge is 2.24. The summed E-state index contributed by atoms with van der Waals surface area (Å²) in [7, 11) is 0. The summed E-state index contributed by atoms with van der Waals surface area (Å²) in [5, 5.41) is 0.490. The summed E-state index contributed by atoms with van der Waals surface area (Å²) in [5.74, 6) is 2.28. The lowest BCUT2D eigenvalue weighted by atomic mass is 10.1. The first kappa shape index (κ1) is 24.8. The van der Waals surface area contributed by atoms with Crippen molar-refractivity contribution in [3.63, 3.8) is 0 Å². The van der Waals surface area contributed by atoms with Gasteiger partial charge in [-0.15, -0.1) is 0 Å². The zero-order chi connectivity index (χ0) is 25.6. The summed E-state index contributed by atoms with van der Waals surface area (Å²) in [6.45, 7) is 7.53. The molecule has 1 aromatic heterocycles.